The second-order valence-electron chi connectivity index (χ2n) is 12.1. The van der Waals surface area contributed by atoms with E-state index < -0.39 is 41.8 Å². The van der Waals surface area contributed by atoms with Crippen molar-refractivity contribution >= 4 is 11.0 Å². The highest BCUT2D eigenvalue weighted by atomic mass is 16.5. The lowest BCUT2D eigenvalue weighted by atomic mass is 9.80. The maximum atomic E-state index is 12.7. The van der Waals surface area contributed by atoms with Gasteiger partial charge in [-0.2, -0.15) is 4.98 Å². The molecule has 4 aromatic rings. The topological polar surface area (TPSA) is 169 Å². The lowest BCUT2D eigenvalue weighted by Gasteiger charge is -2.37. The van der Waals surface area contributed by atoms with E-state index in [0.29, 0.717) is 22.5 Å². The molecule has 0 fully saturated rings. The van der Waals surface area contributed by atoms with Crippen LogP contribution in [0, 0.1) is 13.8 Å². The van der Waals surface area contributed by atoms with Gasteiger partial charge in [-0.3, -0.25) is 9.78 Å². The van der Waals surface area contributed by atoms with E-state index in [1.165, 1.54) is 4.57 Å². The molecule has 12 nitrogen and oxygen atoms in total. The summed E-state index contributed by atoms with van der Waals surface area (Å²) in [6, 6.07) is 27.8. The van der Waals surface area contributed by atoms with Crippen molar-refractivity contribution in [3.05, 3.63) is 140 Å². The molecular formula is C38H38N4O8. The first kappa shape index (κ1) is 34.5. The predicted octanol–water partition coefficient (Wildman–Crippen LogP) is 3.31. The van der Waals surface area contributed by atoms with Crippen LogP contribution in [0.5, 0.6) is 11.5 Å². The van der Waals surface area contributed by atoms with Gasteiger partial charge >= 0.3 is 5.69 Å². The fourth-order valence-corrected chi connectivity index (χ4v) is 6.17. The Labute approximate surface area is 287 Å². The molecule has 0 saturated carbocycles. The first-order valence-corrected chi connectivity index (χ1v) is 16.0. The van der Waals surface area contributed by atoms with Crippen LogP contribution < -0.4 is 20.7 Å². The molecule has 258 valence electrons. The number of aliphatic hydroxyl groups is 3. The third-order valence-electron chi connectivity index (χ3n) is 9.03. The number of nitrogens with one attached hydrogen (secondary N) is 1. The lowest BCUT2D eigenvalue weighted by Crippen LogP contribution is -2.45. The normalized spacial score (nSPS) is 13.7. The summed E-state index contributed by atoms with van der Waals surface area (Å²) in [5.74, 6) is 1.22. The van der Waals surface area contributed by atoms with Gasteiger partial charge in [-0.25, -0.2) is 9.78 Å². The number of hydrogen-bond acceptors (Lipinski definition) is 10. The molecule has 0 amide bonds. The van der Waals surface area contributed by atoms with Crippen molar-refractivity contribution < 1.29 is 29.5 Å². The third-order valence-corrected chi connectivity index (χ3v) is 9.03. The molecule has 0 radical (unpaired) electrons. The van der Waals surface area contributed by atoms with Crippen LogP contribution in [0.15, 0.2) is 101 Å². The Kier molecular flexibility index (Phi) is 9.80. The Balaban J connectivity index is 1.36. The zero-order valence-corrected chi connectivity index (χ0v) is 28.0. The largest absolute Gasteiger partial charge is 0.497 e. The van der Waals surface area contributed by atoms with Crippen LogP contribution in [0.2, 0.25) is 0 Å². The summed E-state index contributed by atoms with van der Waals surface area (Å²) in [4.78, 5) is 35.5. The number of aromatic amines is 1. The summed E-state index contributed by atoms with van der Waals surface area (Å²) in [6.45, 7) is 3.06. The van der Waals surface area contributed by atoms with Gasteiger partial charge in [-0.1, -0.05) is 54.6 Å². The van der Waals surface area contributed by atoms with Crippen LogP contribution in [-0.2, 0) is 16.9 Å². The van der Waals surface area contributed by atoms with Crippen molar-refractivity contribution in [2.75, 3.05) is 20.8 Å². The summed E-state index contributed by atoms with van der Waals surface area (Å²) >= 11 is 0. The highest BCUT2D eigenvalue weighted by molar-refractivity contribution is 5.81. The van der Waals surface area contributed by atoms with Gasteiger partial charge in [0, 0.05) is 0 Å². The highest BCUT2D eigenvalue weighted by Crippen LogP contribution is 2.42. The first-order valence-electron chi connectivity index (χ1n) is 16.0. The monoisotopic (exact) mass is 678 g/mol. The van der Waals surface area contributed by atoms with Crippen molar-refractivity contribution in [1.82, 2.24) is 19.5 Å². The number of fused-ring (bicyclic) bond motifs is 2. The van der Waals surface area contributed by atoms with Crippen molar-refractivity contribution in [2.45, 2.75) is 44.3 Å². The molecular weight excluding hydrogens is 640 g/mol. The quantitative estimate of drug-likeness (QED) is 0.111. The zero-order chi connectivity index (χ0) is 35.6. The average Bonchev–Trinajstić information content (AvgIpc) is 3.13. The van der Waals surface area contributed by atoms with E-state index in [9.17, 15) is 24.9 Å². The van der Waals surface area contributed by atoms with Crippen LogP contribution in [-0.4, -0.2) is 74.0 Å². The third kappa shape index (κ3) is 6.49. The predicted molar refractivity (Wildman–Crippen MR) is 187 cm³/mol. The SMILES string of the molecule is COc1ccc(C(OC[C@H](O)[C@H](O)[C@H](O)Cn2c3nc(=O)[nH]c(=O)c-3nc3cc(C)c(C)cc32)(c2ccccc2)c2ccc(OC)cc2)cc1. The van der Waals surface area contributed by atoms with Gasteiger partial charge in [0.1, 0.15) is 35.4 Å². The van der Waals surface area contributed by atoms with E-state index in [1.807, 2.05) is 92.7 Å². The molecule has 4 N–H and O–H groups in total. The summed E-state index contributed by atoms with van der Waals surface area (Å²) in [5.41, 5.74) is 1.95. The van der Waals surface area contributed by atoms with Crippen LogP contribution in [0.3, 0.4) is 0 Å². The second-order valence-corrected chi connectivity index (χ2v) is 12.1. The van der Waals surface area contributed by atoms with Crippen molar-refractivity contribution in [1.29, 1.82) is 0 Å². The van der Waals surface area contributed by atoms with E-state index in [2.05, 4.69) is 15.0 Å². The molecule has 2 heterocycles. The standard InChI is InChI=1S/C38H38N4O8/c1-22-18-29-30(19-23(22)2)42(35-33(39-29)36(46)41-37(47)40-35)20-31(43)34(45)32(44)21-50-38(24-8-6-5-7-9-24,25-10-14-27(48-3)15-11-25)26-12-16-28(49-4)17-13-26/h5-19,31-32,34,43-45H,20-21H2,1-4H3,(H,41,46,47)/t31-,32+,34-/m1/s1. The van der Waals surface area contributed by atoms with Gasteiger partial charge in [0.05, 0.1) is 38.4 Å². The minimum Gasteiger partial charge on any atom is -0.497 e. The van der Waals surface area contributed by atoms with E-state index >= 15 is 0 Å². The molecule has 2 aliphatic rings. The lowest BCUT2D eigenvalue weighted by molar-refractivity contribution is -0.112. The maximum absolute atomic E-state index is 12.7. The molecule has 0 bridgehead atoms. The molecule has 12 heteroatoms. The fraction of sp³-hybridized carbons (Fsp3) is 0.263. The number of rotatable bonds is 12. The Morgan fingerprint density at radius 3 is 1.90 bits per heavy atom. The highest BCUT2D eigenvalue weighted by Gasteiger charge is 2.39. The number of aryl methyl sites for hydroxylation is 2. The number of aromatic nitrogens is 4. The minimum absolute atomic E-state index is 0.0615. The Morgan fingerprint density at radius 1 is 0.760 bits per heavy atom. The van der Waals surface area contributed by atoms with Crippen LogP contribution in [0.1, 0.15) is 27.8 Å². The van der Waals surface area contributed by atoms with Crippen LogP contribution >= 0.6 is 0 Å². The Bertz CT molecular complexity index is 2140. The number of hydrogen-bond donors (Lipinski definition) is 4. The number of H-pyrrole nitrogens is 1. The van der Waals surface area contributed by atoms with Crippen molar-refractivity contribution in [2.24, 2.45) is 0 Å². The van der Waals surface area contributed by atoms with Gasteiger partial charge in [-0.05, 0) is 78.1 Å². The fourth-order valence-electron chi connectivity index (χ4n) is 6.17. The summed E-state index contributed by atoms with van der Waals surface area (Å²) in [5, 5.41) is 34.2. The summed E-state index contributed by atoms with van der Waals surface area (Å²) in [7, 11) is 3.16. The van der Waals surface area contributed by atoms with Gasteiger partial charge in [-0.15, -0.1) is 0 Å². The summed E-state index contributed by atoms with van der Waals surface area (Å²) < 4.78 is 19.0. The molecule has 0 saturated heterocycles. The first-order chi connectivity index (χ1) is 24.0. The molecule has 2 aliphatic heterocycles. The molecule has 0 unspecified atom stereocenters. The van der Waals surface area contributed by atoms with Gasteiger partial charge in [0.25, 0.3) is 5.56 Å². The average molecular weight is 679 g/mol. The molecule has 0 aromatic heterocycles. The van der Waals surface area contributed by atoms with Crippen LogP contribution in [0.25, 0.3) is 22.6 Å². The van der Waals surface area contributed by atoms with E-state index in [0.717, 1.165) is 27.8 Å². The van der Waals surface area contributed by atoms with E-state index in [4.69, 9.17) is 14.2 Å². The number of methoxy groups -OCH3 is 2. The molecule has 4 aromatic carbocycles. The second kappa shape index (κ2) is 14.2. The smallest absolute Gasteiger partial charge is 0.349 e. The van der Waals surface area contributed by atoms with Crippen molar-refractivity contribution in [3.8, 4) is 23.0 Å². The number of ether oxygens (including phenoxy) is 3. The molecule has 0 spiro atoms. The number of benzene rings is 4. The van der Waals surface area contributed by atoms with Gasteiger partial charge < -0.3 is 34.1 Å². The minimum atomic E-state index is -1.72. The van der Waals surface area contributed by atoms with E-state index in [1.54, 1.807) is 26.4 Å². The molecule has 50 heavy (non-hydrogen) atoms. The van der Waals surface area contributed by atoms with E-state index in [-0.39, 0.29) is 18.1 Å². The van der Waals surface area contributed by atoms with Crippen LogP contribution in [0.4, 0.5) is 0 Å². The number of nitrogens with zero attached hydrogens (tertiary/aromatic N) is 3. The Hall–Kier alpha value is -5.40. The molecule has 0 aliphatic carbocycles. The van der Waals surface area contributed by atoms with Crippen molar-refractivity contribution in [3.63, 3.8) is 0 Å². The molecule has 6 rings (SSSR count). The molecule has 3 atom stereocenters. The summed E-state index contributed by atoms with van der Waals surface area (Å²) in [6.07, 6.45) is -4.89. The maximum Gasteiger partial charge on any atom is 0.349 e. The van der Waals surface area contributed by atoms with Gasteiger partial charge in [0.2, 0.25) is 0 Å². The zero-order valence-electron chi connectivity index (χ0n) is 28.0. The Morgan fingerprint density at radius 2 is 1.32 bits per heavy atom. The number of aliphatic hydroxyl groups excluding tert-OH is 3. The van der Waals surface area contributed by atoms with Gasteiger partial charge in [0.15, 0.2) is 11.5 Å².